The molecule has 1 aromatic carbocycles. The van der Waals surface area contributed by atoms with Gasteiger partial charge in [-0.25, -0.2) is 0 Å². The molecule has 0 aromatic heterocycles. The highest BCUT2D eigenvalue weighted by Gasteiger charge is 1.93. The van der Waals surface area contributed by atoms with Gasteiger partial charge >= 0.3 is 0 Å². The van der Waals surface area contributed by atoms with Crippen LogP contribution < -0.4 is 5.73 Å². The van der Waals surface area contributed by atoms with E-state index in [0.717, 1.165) is 0 Å². The number of rotatable bonds is 1. The lowest BCUT2D eigenvalue weighted by molar-refractivity contribution is 1.06. The largest absolute Gasteiger partial charge is 0.326 e. The molecule has 0 saturated carbocycles. The van der Waals surface area contributed by atoms with E-state index >= 15 is 0 Å². The van der Waals surface area contributed by atoms with Crippen molar-refractivity contribution in [3.8, 4) is 0 Å². The van der Waals surface area contributed by atoms with Gasteiger partial charge in [0, 0.05) is 10.1 Å². The molecule has 0 radical (unpaired) electrons. The van der Waals surface area contributed by atoms with Crippen molar-refractivity contribution in [2.24, 2.45) is 5.73 Å². The van der Waals surface area contributed by atoms with E-state index < -0.39 is 0 Å². The van der Waals surface area contributed by atoms with E-state index in [2.05, 4.69) is 47.7 Å². The fourth-order valence-electron chi connectivity index (χ4n) is 0.834. The van der Waals surface area contributed by atoms with Crippen molar-refractivity contribution in [3.05, 3.63) is 32.9 Å². The molecule has 54 valence electrons. The molecular weight excluding hydrogens is 237 g/mol. The number of aryl methyl sites for hydroxylation is 1. The molecule has 0 aliphatic carbocycles. The quantitative estimate of drug-likeness (QED) is 0.755. The second-order valence-corrected chi connectivity index (χ2v) is 3.45. The van der Waals surface area contributed by atoms with E-state index in [4.69, 9.17) is 5.73 Å². The summed E-state index contributed by atoms with van der Waals surface area (Å²) in [6, 6.07) is 6.29. The summed E-state index contributed by atoms with van der Waals surface area (Å²) in [5, 5.41) is 0. The lowest BCUT2D eigenvalue weighted by Gasteiger charge is -1.99. The van der Waals surface area contributed by atoms with Crippen molar-refractivity contribution in [2.45, 2.75) is 13.5 Å². The first-order chi connectivity index (χ1) is 4.74. The minimum atomic E-state index is 0.637. The van der Waals surface area contributed by atoms with Gasteiger partial charge < -0.3 is 5.73 Å². The van der Waals surface area contributed by atoms with Gasteiger partial charge in [-0.2, -0.15) is 0 Å². The Labute approximate surface area is 74.8 Å². The van der Waals surface area contributed by atoms with Gasteiger partial charge in [0.25, 0.3) is 0 Å². The minimum absolute atomic E-state index is 0.637. The second-order valence-electron chi connectivity index (χ2n) is 2.29. The molecule has 1 rings (SSSR count). The van der Waals surface area contributed by atoms with E-state index in [-0.39, 0.29) is 0 Å². The highest BCUT2D eigenvalue weighted by molar-refractivity contribution is 14.1. The third-order valence-corrected chi connectivity index (χ3v) is 2.67. The molecule has 0 aliphatic heterocycles. The monoisotopic (exact) mass is 247 g/mol. The van der Waals surface area contributed by atoms with E-state index in [1.165, 1.54) is 14.7 Å². The Morgan fingerprint density at radius 3 is 2.70 bits per heavy atom. The second kappa shape index (κ2) is 3.34. The first-order valence-corrected chi connectivity index (χ1v) is 4.27. The Morgan fingerprint density at radius 2 is 2.20 bits per heavy atom. The van der Waals surface area contributed by atoms with Gasteiger partial charge in [0.2, 0.25) is 0 Å². The smallest absolute Gasteiger partial charge is 0.0178 e. The zero-order valence-electron chi connectivity index (χ0n) is 5.89. The first kappa shape index (κ1) is 8.01. The summed E-state index contributed by atoms with van der Waals surface area (Å²) in [7, 11) is 0. The summed E-state index contributed by atoms with van der Waals surface area (Å²) in [6.07, 6.45) is 0. The van der Waals surface area contributed by atoms with Crippen molar-refractivity contribution in [3.63, 3.8) is 0 Å². The molecule has 10 heavy (non-hydrogen) atoms. The summed E-state index contributed by atoms with van der Waals surface area (Å²) in [4.78, 5) is 0. The lowest BCUT2D eigenvalue weighted by atomic mass is 10.1. The van der Waals surface area contributed by atoms with Gasteiger partial charge in [-0.15, -0.1) is 0 Å². The first-order valence-electron chi connectivity index (χ1n) is 3.19. The van der Waals surface area contributed by atoms with Gasteiger partial charge in [-0.3, -0.25) is 0 Å². The van der Waals surface area contributed by atoms with E-state index in [1.54, 1.807) is 0 Å². The normalized spacial score (nSPS) is 9.90. The molecule has 1 aromatic rings. The zero-order valence-corrected chi connectivity index (χ0v) is 8.05. The van der Waals surface area contributed by atoms with Crippen molar-refractivity contribution in [1.29, 1.82) is 0 Å². The summed E-state index contributed by atoms with van der Waals surface area (Å²) >= 11 is 2.32. The number of hydrogen-bond donors (Lipinski definition) is 1. The van der Waals surface area contributed by atoms with Gasteiger partial charge in [0.05, 0.1) is 0 Å². The van der Waals surface area contributed by atoms with Gasteiger partial charge in [-0.05, 0) is 46.7 Å². The molecule has 2 heteroatoms. The van der Waals surface area contributed by atoms with Crippen molar-refractivity contribution in [1.82, 2.24) is 0 Å². The Balaban J connectivity index is 3.04. The summed E-state index contributed by atoms with van der Waals surface area (Å²) in [5.41, 5.74) is 7.98. The van der Waals surface area contributed by atoms with E-state index in [9.17, 15) is 0 Å². The summed E-state index contributed by atoms with van der Waals surface area (Å²) < 4.78 is 1.30. The number of nitrogens with two attached hydrogens (primary N) is 1. The number of hydrogen-bond acceptors (Lipinski definition) is 1. The third-order valence-electron chi connectivity index (χ3n) is 1.46. The molecule has 0 fully saturated rings. The van der Waals surface area contributed by atoms with Gasteiger partial charge in [0.1, 0.15) is 0 Å². The molecule has 0 amide bonds. The number of benzene rings is 1. The Bertz CT molecular complexity index is 233. The topological polar surface area (TPSA) is 26.0 Å². The number of halogens is 1. The van der Waals surface area contributed by atoms with Crippen LogP contribution in [0.15, 0.2) is 18.2 Å². The Morgan fingerprint density at radius 1 is 1.50 bits per heavy atom. The third kappa shape index (κ3) is 1.70. The molecular formula is C8H10IN. The van der Waals surface area contributed by atoms with E-state index in [1.807, 2.05) is 0 Å². The van der Waals surface area contributed by atoms with Crippen LogP contribution in [0.2, 0.25) is 0 Å². The average molecular weight is 247 g/mol. The van der Waals surface area contributed by atoms with Crippen molar-refractivity contribution >= 4 is 22.6 Å². The molecule has 0 aliphatic rings. The molecule has 0 atom stereocenters. The molecule has 0 saturated heterocycles. The summed E-state index contributed by atoms with van der Waals surface area (Å²) in [6.45, 7) is 2.73. The molecule has 0 unspecified atom stereocenters. The van der Waals surface area contributed by atoms with Crippen LogP contribution in [0.4, 0.5) is 0 Å². The van der Waals surface area contributed by atoms with Crippen molar-refractivity contribution in [2.75, 3.05) is 0 Å². The molecule has 0 heterocycles. The molecule has 1 nitrogen and oxygen atoms in total. The van der Waals surface area contributed by atoms with Crippen molar-refractivity contribution < 1.29 is 0 Å². The lowest BCUT2D eigenvalue weighted by Crippen LogP contribution is -1.96. The zero-order chi connectivity index (χ0) is 7.56. The predicted molar refractivity (Wildman–Crippen MR) is 51.8 cm³/mol. The minimum Gasteiger partial charge on any atom is -0.326 e. The SMILES string of the molecule is Cc1cc(CN)ccc1I. The van der Waals surface area contributed by atoms with Crippen LogP contribution in [0.25, 0.3) is 0 Å². The maximum Gasteiger partial charge on any atom is 0.0178 e. The Kier molecular flexibility index (Phi) is 2.68. The van der Waals surface area contributed by atoms with Crippen LogP contribution in [0.5, 0.6) is 0 Å². The van der Waals surface area contributed by atoms with Crippen LogP contribution in [0.1, 0.15) is 11.1 Å². The van der Waals surface area contributed by atoms with Gasteiger partial charge in [0.15, 0.2) is 0 Å². The summed E-state index contributed by atoms with van der Waals surface area (Å²) in [5.74, 6) is 0. The highest BCUT2D eigenvalue weighted by atomic mass is 127. The molecule has 2 N–H and O–H groups in total. The van der Waals surface area contributed by atoms with Gasteiger partial charge in [-0.1, -0.05) is 12.1 Å². The van der Waals surface area contributed by atoms with Crippen LogP contribution in [-0.2, 0) is 6.54 Å². The fraction of sp³-hybridized carbons (Fsp3) is 0.250. The predicted octanol–water partition coefficient (Wildman–Crippen LogP) is 2.06. The maximum absolute atomic E-state index is 5.47. The standard InChI is InChI=1S/C8H10IN/c1-6-4-7(5-10)2-3-8(6)9/h2-4H,5,10H2,1H3. The molecule has 0 spiro atoms. The van der Waals surface area contributed by atoms with Crippen LogP contribution >= 0.6 is 22.6 Å². The average Bonchev–Trinajstić information content (AvgIpc) is 1.95. The van der Waals surface area contributed by atoms with Crippen LogP contribution in [0.3, 0.4) is 0 Å². The fourth-order valence-corrected chi connectivity index (χ4v) is 1.17. The van der Waals surface area contributed by atoms with E-state index in [0.29, 0.717) is 6.54 Å². The maximum atomic E-state index is 5.47. The van der Waals surface area contributed by atoms with Crippen LogP contribution in [-0.4, -0.2) is 0 Å². The Hall–Kier alpha value is -0.0900. The highest BCUT2D eigenvalue weighted by Crippen LogP contribution is 2.12. The van der Waals surface area contributed by atoms with Crippen LogP contribution in [0, 0.1) is 10.5 Å². The molecule has 0 bridgehead atoms.